The minimum atomic E-state index is -4.63. The number of rotatable bonds is 5. The highest BCUT2D eigenvalue weighted by Gasteiger charge is 2.33. The van der Waals surface area contributed by atoms with E-state index in [0.29, 0.717) is 6.54 Å². The number of hydrogen-bond donors (Lipinski definition) is 1. The zero-order valence-corrected chi connectivity index (χ0v) is 17.3. The molecule has 6 nitrogen and oxygen atoms in total. The number of anilines is 1. The lowest BCUT2D eigenvalue weighted by molar-refractivity contribution is -0.137. The molecule has 2 amide bonds. The van der Waals surface area contributed by atoms with E-state index < -0.39 is 22.7 Å². The van der Waals surface area contributed by atoms with Crippen molar-refractivity contribution in [3.8, 4) is 0 Å². The Morgan fingerprint density at radius 1 is 1.27 bits per heavy atom. The SMILES string of the molecule is C[C@H]1c2cccn2CCN1CC(=O)N(C)CC(=O)Nc1ccc(Cl)c(C(F)(F)F)c1. The predicted molar refractivity (Wildman–Crippen MR) is 107 cm³/mol. The minimum Gasteiger partial charge on any atom is -0.349 e. The Kier molecular flexibility index (Phi) is 6.42. The molecule has 0 unspecified atom stereocenters. The lowest BCUT2D eigenvalue weighted by Gasteiger charge is -2.35. The number of hydrogen-bond acceptors (Lipinski definition) is 3. The fraction of sp³-hybridized carbons (Fsp3) is 0.400. The maximum Gasteiger partial charge on any atom is 0.417 e. The number of alkyl halides is 3. The van der Waals surface area contributed by atoms with Crippen LogP contribution in [-0.2, 0) is 22.3 Å². The van der Waals surface area contributed by atoms with Gasteiger partial charge in [0.25, 0.3) is 0 Å². The summed E-state index contributed by atoms with van der Waals surface area (Å²) < 4.78 is 41.0. The molecule has 0 saturated heterocycles. The van der Waals surface area contributed by atoms with E-state index in [4.69, 9.17) is 11.6 Å². The molecule has 162 valence electrons. The van der Waals surface area contributed by atoms with Gasteiger partial charge in [-0.25, -0.2) is 0 Å². The first-order chi connectivity index (χ1) is 14.1. The van der Waals surface area contributed by atoms with E-state index in [0.717, 1.165) is 24.4 Å². The van der Waals surface area contributed by atoms with Crippen LogP contribution in [0.3, 0.4) is 0 Å². The summed E-state index contributed by atoms with van der Waals surface area (Å²) in [7, 11) is 1.49. The van der Waals surface area contributed by atoms with Crippen molar-refractivity contribution in [2.45, 2.75) is 25.7 Å². The molecule has 30 heavy (non-hydrogen) atoms. The lowest BCUT2D eigenvalue weighted by atomic mass is 10.1. The van der Waals surface area contributed by atoms with Crippen molar-refractivity contribution in [2.24, 2.45) is 0 Å². The first-order valence-corrected chi connectivity index (χ1v) is 9.73. The Labute approximate surface area is 177 Å². The quantitative estimate of drug-likeness (QED) is 0.769. The van der Waals surface area contributed by atoms with Crippen LogP contribution in [0.4, 0.5) is 18.9 Å². The zero-order chi connectivity index (χ0) is 22.1. The maximum absolute atomic E-state index is 13.0. The summed E-state index contributed by atoms with van der Waals surface area (Å²) in [6.07, 6.45) is -2.63. The number of halogens is 4. The monoisotopic (exact) mass is 442 g/mol. The van der Waals surface area contributed by atoms with E-state index in [2.05, 4.69) is 9.88 Å². The van der Waals surface area contributed by atoms with Crippen LogP contribution in [0.25, 0.3) is 0 Å². The molecular formula is C20H22ClF3N4O2. The van der Waals surface area contributed by atoms with Crippen molar-refractivity contribution >= 4 is 29.1 Å². The highest BCUT2D eigenvalue weighted by molar-refractivity contribution is 6.31. The average Bonchev–Trinajstić information content (AvgIpc) is 3.14. The van der Waals surface area contributed by atoms with Gasteiger partial charge in [-0.3, -0.25) is 14.5 Å². The third kappa shape index (κ3) is 4.96. The van der Waals surface area contributed by atoms with E-state index in [-0.39, 0.29) is 30.7 Å². The molecule has 2 aromatic rings. The van der Waals surface area contributed by atoms with Gasteiger partial charge in [0.05, 0.1) is 23.7 Å². The van der Waals surface area contributed by atoms with E-state index in [9.17, 15) is 22.8 Å². The van der Waals surface area contributed by atoms with Crippen molar-refractivity contribution in [3.05, 3.63) is 52.8 Å². The van der Waals surface area contributed by atoms with Gasteiger partial charge in [-0.1, -0.05) is 11.6 Å². The third-order valence-electron chi connectivity index (χ3n) is 5.17. The number of nitrogens with zero attached hydrogens (tertiary/aromatic N) is 3. The molecule has 1 aliphatic rings. The van der Waals surface area contributed by atoms with Gasteiger partial charge < -0.3 is 14.8 Å². The van der Waals surface area contributed by atoms with E-state index in [1.807, 2.05) is 30.2 Å². The number of benzene rings is 1. The Morgan fingerprint density at radius 3 is 2.70 bits per heavy atom. The van der Waals surface area contributed by atoms with Gasteiger partial charge in [0.15, 0.2) is 0 Å². The Bertz CT molecular complexity index is 944. The van der Waals surface area contributed by atoms with E-state index in [1.54, 1.807) is 0 Å². The van der Waals surface area contributed by atoms with Gasteiger partial charge in [-0.15, -0.1) is 0 Å². The Balaban J connectivity index is 1.56. The second-order valence-corrected chi connectivity index (χ2v) is 7.67. The number of carbonyl (C=O) groups excluding carboxylic acids is 2. The molecular weight excluding hydrogens is 421 g/mol. The normalized spacial score (nSPS) is 16.8. The number of aromatic nitrogens is 1. The van der Waals surface area contributed by atoms with Crippen LogP contribution in [0.1, 0.15) is 24.2 Å². The molecule has 2 heterocycles. The number of fused-ring (bicyclic) bond motifs is 1. The molecule has 0 saturated carbocycles. The van der Waals surface area contributed by atoms with Gasteiger partial charge >= 0.3 is 6.18 Å². The Morgan fingerprint density at radius 2 is 2.00 bits per heavy atom. The zero-order valence-electron chi connectivity index (χ0n) is 16.5. The van der Waals surface area contributed by atoms with Crippen LogP contribution in [0.5, 0.6) is 0 Å². The largest absolute Gasteiger partial charge is 0.417 e. The predicted octanol–water partition coefficient (Wildman–Crippen LogP) is 3.63. The molecule has 0 fully saturated rings. The van der Waals surface area contributed by atoms with Gasteiger partial charge in [-0.05, 0) is 37.3 Å². The van der Waals surface area contributed by atoms with Gasteiger partial charge in [0, 0.05) is 43.8 Å². The first kappa shape index (κ1) is 22.2. The molecule has 1 aromatic carbocycles. The second-order valence-electron chi connectivity index (χ2n) is 7.26. The highest BCUT2D eigenvalue weighted by atomic mass is 35.5. The van der Waals surface area contributed by atoms with Crippen LogP contribution >= 0.6 is 11.6 Å². The molecule has 0 aliphatic carbocycles. The summed E-state index contributed by atoms with van der Waals surface area (Å²) >= 11 is 5.58. The van der Waals surface area contributed by atoms with E-state index in [1.165, 1.54) is 18.0 Å². The van der Waals surface area contributed by atoms with Crippen LogP contribution in [-0.4, -0.2) is 52.9 Å². The van der Waals surface area contributed by atoms with Gasteiger partial charge in [-0.2, -0.15) is 13.2 Å². The van der Waals surface area contributed by atoms with Crippen molar-refractivity contribution in [3.63, 3.8) is 0 Å². The Hall–Kier alpha value is -2.52. The highest BCUT2D eigenvalue weighted by Crippen LogP contribution is 2.36. The molecule has 0 spiro atoms. The fourth-order valence-corrected chi connectivity index (χ4v) is 3.69. The number of nitrogens with one attached hydrogen (secondary N) is 1. The van der Waals surface area contributed by atoms with Gasteiger partial charge in [0.2, 0.25) is 11.8 Å². The summed E-state index contributed by atoms with van der Waals surface area (Å²) in [5.41, 5.74) is 0.0517. The lowest BCUT2D eigenvalue weighted by Crippen LogP contribution is -2.45. The second kappa shape index (κ2) is 8.69. The minimum absolute atomic E-state index is 0.0389. The molecule has 0 bridgehead atoms. The molecule has 3 rings (SSSR count). The smallest absolute Gasteiger partial charge is 0.349 e. The van der Waals surface area contributed by atoms with Crippen LogP contribution in [0, 0.1) is 0 Å². The standard InChI is InChI=1S/C20H22ClF3N4O2/c1-13-17-4-3-7-27(17)8-9-28(13)12-19(30)26(2)11-18(29)25-14-5-6-16(21)15(10-14)20(22,23)24/h3-7,10,13H,8-9,11-12H2,1-2H3,(H,25,29)/t13-/m0/s1. The number of carbonyl (C=O) groups is 2. The summed E-state index contributed by atoms with van der Waals surface area (Å²) in [6, 6.07) is 7.17. The first-order valence-electron chi connectivity index (χ1n) is 9.36. The molecule has 0 radical (unpaired) electrons. The van der Waals surface area contributed by atoms with Crippen molar-refractivity contribution in [1.29, 1.82) is 0 Å². The number of amides is 2. The van der Waals surface area contributed by atoms with Crippen molar-refractivity contribution < 1.29 is 22.8 Å². The molecule has 1 aromatic heterocycles. The van der Waals surface area contributed by atoms with Crippen LogP contribution < -0.4 is 5.32 Å². The molecule has 1 N–H and O–H groups in total. The summed E-state index contributed by atoms with van der Waals surface area (Å²) in [5.74, 6) is -0.842. The maximum atomic E-state index is 13.0. The van der Waals surface area contributed by atoms with Crippen molar-refractivity contribution in [1.82, 2.24) is 14.4 Å². The number of likely N-dealkylation sites (N-methyl/N-ethyl adjacent to an activating group) is 1. The molecule has 1 aliphatic heterocycles. The van der Waals surface area contributed by atoms with Crippen molar-refractivity contribution in [2.75, 3.05) is 32.0 Å². The summed E-state index contributed by atoms with van der Waals surface area (Å²) in [4.78, 5) is 28.1. The summed E-state index contributed by atoms with van der Waals surface area (Å²) in [6.45, 7) is 3.38. The van der Waals surface area contributed by atoms with E-state index >= 15 is 0 Å². The molecule has 1 atom stereocenters. The molecule has 10 heteroatoms. The van der Waals surface area contributed by atoms with Gasteiger partial charge in [0.1, 0.15) is 0 Å². The topological polar surface area (TPSA) is 57.6 Å². The third-order valence-corrected chi connectivity index (χ3v) is 5.50. The summed E-state index contributed by atoms with van der Waals surface area (Å²) in [5, 5.41) is 1.93. The average molecular weight is 443 g/mol. The fourth-order valence-electron chi connectivity index (χ4n) is 3.46. The van der Waals surface area contributed by atoms with Crippen LogP contribution in [0.2, 0.25) is 5.02 Å². The van der Waals surface area contributed by atoms with Crippen LogP contribution in [0.15, 0.2) is 36.5 Å².